The highest BCUT2D eigenvalue weighted by Crippen LogP contribution is 2.45. The zero-order valence-corrected chi connectivity index (χ0v) is 58.2. The molecule has 502 valence electrons. The van der Waals surface area contributed by atoms with Gasteiger partial charge in [-0.3, -0.25) is 9.13 Å². The summed E-state index contributed by atoms with van der Waals surface area (Å²) >= 11 is 0. The minimum atomic E-state index is 0.661. The van der Waals surface area contributed by atoms with Crippen molar-refractivity contribution in [1.29, 1.82) is 0 Å². The standard InChI is InChI=1S/C99H61N9/c1-3-24-62(25-4-1)83-61-84(101-99(100-83)63-26-5-2-6-27-63)65-29-23-28-64(54-65)66-55-97(107-93-50-46-67(103-85-38-15-7-30-71(85)72-31-8-16-39-86(72)103)57-79(93)80-58-68(47-51-94(80)107)104-87-40-17-9-32-73(87)74-33-10-18-41-88(74)104)102-98(56-66)108-95-52-48-69(105-89-42-19-11-34-75(89)76-35-12-20-43-90(76)105)59-81(95)82-60-70(49-53-96(82)108)106-91-44-21-13-36-77(91)78-37-14-22-45-92(78)106/h1-61H. The van der Waals surface area contributed by atoms with E-state index in [0.717, 1.165) is 161 Å². The fraction of sp³-hybridized carbons (Fsp3) is 0. The highest BCUT2D eigenvalue weighted by molar-refractivity contribution is 6.17. The van der Waals surface area contributed by atoms with Crippen molar-refractivity contribution >= 4 is 131 Å². The van der Waals surface area contributed by atoms with Gasteiger partial charge in [0.25, 0.3) is 0 Å². The van der Waals surface area contributed by atoms with Crippen LogP contribution in [0.4, 0.5) is 0 Å². The zero-order chi connectivity index (χ0) is 70.7. The highest BCUT2D eigenvalue weighted by atomic mass is 15.1. The largest absolute Gasteiger partial charge is 0.309 e. The van der Waals surface area contributed by atoms with Crippen LogP contribution in [0.2, 0.25) is 0 Å². The summed E-state index contributed by atoms with van der Waals surface area (Å²) in [5.74, 6) is 2.19. The monoisotopic (exact) mass is 1380 g/mol. The Hall–Kier alpha value is -14.7. The molecule has 9 heteroatoms. The highest BCUT2D eigenvalue weighted by Gasteiger charge is 2.25. The van der Waals surface area contributed by atoms with E-state index in [1.165, 1.54) is 43.1 Å². The first-order valence-electron chi connectivity index (χ1n) is 36.8. The Morgan fingerprint density at radius 2 is 0.407 bits per heavy atom. The van der Waals surface area contributed by atoms with Gasteiger partial charge in [0.15, 0.2) is 5.82 Å². The number of hydrogen-bond donors (Lipinski definition) is 0. The molecule has 15 aromatic carbocycles. The van der Waals surface area contributed by atoms with E-state index in [2.05, 4.69) is 373 Å². The Morgan fingerprint density at radius 3 is 0.731 bits per heavy atom. The molecule has 0 radical (unpaired) electrons. The number of nitrogens with zero attached hydrogens (tertiary/aromatic N) is 9. The summed E-state index contributed by atoms with van der Waals surface area (Å²) in [4.78, 5) is 16.7. The van der Waals surface area contributed by atoms with Crippen LogP contribution in [-0.4, -0.2) is 42.4 Å². The molecule has 0 bridgehead atoms. The average molecular weight is 1380 g/mol. The van der Waals surface area contributed by atoms with Crippen molar-refractivity contribution in [3.05, 3.63) is 370 Å². The molecule has 0 atom stereocenters. The number of rotatable bonds is 10. The molecule has 23 aromatic rings. The van der Waals surface area contributed by atoms with E-state index in [1.807, 2.05) is 24.3 Å². The summed E-state index contributed by atoms with van der Waals surface area (Å²) in [6.45, 7) is 0. The quantitative estimate of drug-likeness (QED) is 0.137. The van der Waals surface area contributed by atoms with E-state index in [-0.39, 0.29) is 0 Å². The fourth-order valence-corrected chi connectivity index (χ4v) is 17.7. The molecule has 8 aromatic heterocycles. The molecule has 0 aliphatic heterocycles. The predicted molar refractivity (Wildman–Crippen MR) is 448 cm³/mol. The molecule has 0 N–H and O–H groups in total. The topological polar surface area (TPSA) is 68.2 Å². The molecule has 0 fully saturated rings. The molecule has 9 nitrogen and oxygen atoms in total. The molecule has 108 heavy (non-hydrogen) atoms. The van der Waals surface area contributed by atoms with Crippen molar-refractivity contribution < 1.29 is 0 Å². The van der Waals surface area contributed by atoms with Crippen LogP contribution in [0.3, 0.4) is 0 Å². The van der Waals surface area contributed by atoms with Gasteiger partial charge in [-0.15, -0.1) is 0 Å². The number of hydrogen-bond acceptors (Lipinski definition) is 3. The molecule has 0 aliphatic rings. The summed E-state index contributed by atoms with van der Waals surface area (Å²) in [5.41, 5.74) is 24.2. The number of fused-ring (bicyclic) bond motifs is 18. The summed E-state index contributed by atoms with van der Waals surface area (Å²) in [6.07, 6.45) is 0. The van der Waals surface area contributed by atoms with E-state index in [0.29, 0.717) is 5.82 Å². The molecule has 0 saturated heterocycles. The van der Waals surface area contributed by atoms with Gasteiger partial charge in [0.2, 0.25) is 0 Å². The molecule has 0 aliphatic carbocycles. The maximum Gasteiger partial charge on any atom is 0.160 e. The van der Waals surface area contributed by atoms with Gasteiger partial charge < -0.3 is 18.3 Å². The third-order valence-electron chi connectivity index (χ3n) is 22.4. The molecule has 8 heterocycles. The van der Waals surface area contributed by atoms with E-state index >= 15 is 0 Å². The maximum absolute atomic E-state index is 6.12. The number of aromatic nitrogens is 9. The molecular formula is C99H61N9. The summed E-state index contributed by atoms with van der Waals surface area (Å²) in [5, 5.41) is 14.1. The van der Waals surface area contributed by atoms with Crippen LogP contribution in [0.5, 0.6) is 0 Å². The van der Waals surface area contributed by atoms with Gasteiger partial charge >= 0.3 is 0 Å². The first-order chi connectivity index (χ1) is 53.6. The van der Waals surface area contributed by atoms with Crippen LogP contribution in [0.15, 0.2) is 370 Å². The lowest BCUT2D eigenvalue weighted by Gasteiger charge is -2.16. The van der Waals surface area contributed by atoms with Crippen molar-refractivity contribution in [2.45, 2.75) is 0 Å². The molecule has 23 rings (SSSR count). The van der Waals surface area contributed by atoms with Crippen LogP contribution < -0.4 is 0 Å². The number of benzene rings is 15. The second-order valence-electron chi connectivity index (χ2n) is 28.3. The first kappa shape index (κ1) is 59.8. The second-order valence-corrected chi connectivity index (χ2v) is 28.3. The Balaban J connectivity index is 0.809. The lowest BCUT2D eigenvalue weighted by atomic mass is 10.0. The van der Waals surface area contributed by atoms with Crippen LogP contribution in [-0.2, 0) is 0 Å². The SMILES string of the molecule is c1ccc(-c2cc(-c3cccc(-c4cc(-n5c6ccc(-n7c8ccccc8c8ccccc87)cc6c6cc(-n7c8ccccc8c8ccccc87)ccc65)nc(-n5c6ccc(-n7c8ccccc8c8ccccc87)cc6c6cc(-n7c8ccccc8c8ccccc87)ccc65)c4)c3)nc(-c3ccccc3)n2)cc1. The lowest BCUT2D eigenvalue weighted by Crippen LogP contribution is -2.05. The fourth-order valence-electron chi connectivity index (χ4n) is 17.7. The Labute approximate surface area is 618 Å². The predicted octanol–water partition coefficient (Wildman–Crippen LogP) is 25.1. The normalized spacial score (nSPS) is 12.1. The van der Waals surface area contributed by atoms with Crippen LogP contribution in [0, 0.1) is 0 Å². The van der Waals surface area contributed by atoms with Gasteiger partial charge in [0.1, 0.15) is 11.6 Å². The van der Waals surface area contributed by atoms with Crippen molar-refractivity contribution in [2.75, 3.05) is 0 Å². The van der Waals surface area contributed by atoms with Crippen molar-refractivity contribution in [2.24, 2.45) is 0 Å². The summed E-state index contributed by atoms with van der Waals surface area (Å²) in [6, 6.07) is 135. The summed E-state index contributed by atoms with van der Waals surface area (Å²) < 4.78 is 14.5. The van der Waals surface area contributed by atoms with E-state index in [4.69, 9.17) is 15.0 Å². The Kier molecular flexibility index (Phi) is 13.0. The molecular weight excluding hydrogens is 1320 g/mol. The first-order valence-corrected chi connectivity index (χ1v) is 36.8. The van der Waals surface area contributed by atoms with Gasteiger partial charge in [0.05, 0.1) is 77.6 Å². The minimum Gasteiger partial charge on any atom is -0.309 e. The third kappa shape index (κ3) is 9.03. The van der Waals surface area contributed by atoms with Crippen molar-refractivity contribution in [3.63, 3.8) is 0 Å². The van der Waals surface area contributed by atoms with Crippen LogP contribution in [0.1, 0.15) is 0 Å². The average Bonchev–Trinajstić information content (AvgIpc) is 1.57. The summed E-state index contributed by atoms with van der Waals surface area (Å²) in [7, 11) is 0. The number of para-hydroxylation sites is 8. The smallest absolute Gasteiger partial charge is 0.160 e. The molecule has 0 saturated carbocycles. The minimum absolute atomic E-state index is 0.661. The van der Waals surface area contributed by atoms with Gasteiger partial charge in [-0.25, -0.2) is 15.0 Å². The second kappa shape index (κ2) is 23.4. The maximum atomic E-state index is 6.12. The number of pyridine rings is 1. The molecule has 0 spiro atoms. The van der Waals surface area contributed by atoms with E-state index in [9.17, 15) is 0 Å². The zero-order valence-electron chi connectivity index (χ0n) is 58.2. The Bertz CT molecular complexity index is 6710. The molecule has 0 amide bonds. The molecule has 0 unspecified atom stereocenters. The van der Waals surface area contributed by atoms with Crippen molar-refractivity contribution in [3.8, 4) is 79.4 Å². The van der Waals surface area contributed by atoms with Gasteiger partial charge in [-0.05, 0) is 157 Å². The third-order valence-corrected chi connectivity index (χ3v) is 22.4. The van der Waals surface area contributed by atoms with Crippen molar-refractivity contribution in [1.82, 2.24) is 42.4 Å². The lowest BCUT2D eigenvalue weighted by molar-refractivity contribution is 1.01. The van der Waals surface area contributed by atoms with Crippen LogP contribution in [0.25, 0.3) is 210 Å². The van der Waals surface area contributed by atoms with Gasteiger partial charge in [0, 0.05) is 104 Å². The van der Waals surface area contributed by atoms with E-state index < -0.39 is 0 Å². The Morgan fingerprint density at radius 1 is 0.148 bits per heavy atom. The van der Waals surface area contributed by atoms with Gasteiger partial charge in [-0.2, -0.15) is 0 Å². The van der Waals surface area contributed by atoms with E-state index in [1.54, 1.807) is 0 Å². The van der Waals surface area contributed by atoms with Crippen LogP contribution >= 0.6 is 0 Å². The van der Waals surface area contributed by atoms with Gasteiger partial charge in [-0.1, -0.05) is 224 Å².